The summed E-state index contributed by atoms with van der Waals surface area (Å²) in [6.07, 6.45) is 1.50. The van der Waals surface area contributed by atoms with Crippen molar-refractivity contribution in [2.45, 2.75) is 0 Å². The number of nitrogens with zero attached hydrogens (tertiary/aromatic N) is 2. The minimum atomic E-state index is -0.493. The molecule has 0 spiro atoms. The second kappa shape index (κ2) is 8.62. The number of aromatic nitrogens is 1. The second-order valence-corrected chi connectivity index (χ2v) is 8.72. The molecule has 4 rings (SSSR count). The summed E-state index contributed by atoms with van der Waals surface area (Å²) in [5, 5.41) is 16.4. The van der Waals surface area contributed by atoms with Gasteiger partial charge in [0.15, 0.2) is 0 Å². The number of nitrogens with one attached hydrogen (secondary N) is 1. The third-order valence-electron chi connectivity index (χ3n) is 4.13. The van der Waals surface area contributed by atoms with Gasteiger partial charge in [-0.15, -0.1) is 11.3 Å². The normalized spacial score (nSPS) is 11.5. The zero-order valence-electron chi connectivity index (χ0n) is 14.9. The van der Waals surface area contributed by atoms with Gasteiger partial charge < -0.3 is 9.73 Å². The summed E-state index contributed by atoms with van der Waals surface area (Å²) < 4.78 is 6.27. The Bertz CT molecular complexity index is 1410. The van der Waals surface area contributed by atoms with E-state index in [1.54, 1.807) is 41.8 Å². The van der Waals surface area contributed by atoms with Gasteiger partial charge in [0.25, 0.3) is 0 Å². The fourth-order valence-corrected chi connectivity index (χ4v) is 4.20. The van der Waals surface area contributed by atoms with Crippen molar-refractivity contribution in [3.63, 3.8) is 0 Å². The Labute approximate surface area is 193 Å². The van der Waals surface area contributed by atoms with Gasteiger partial charge in [0.05, 0.1) is 22.0 Å². The number of benzene rings is 2. The maximum Gasteiger partial charge on any atom is 0.345 e. The van der Waals surface area contributed by atoms with Crippen LogP contribution in [0.3, 0.4) is 0 Å². The average molecular weight is 519 g/mol. The van der Waals surface area contributed by atoms with Crippen LogP contribution in [0.15, 0.2) is 67.7 Å². The van der Waals surface area contributed by atoms with Crippen molar-refractivity contribution in [3.8, 4) is 17.3 Å². The van der Waals surface area contributed by atoms with Crippen LogP contribution < -0.4 is 10.9 Å². The third kappa shape index (κ3) is 4.27. The van der Waals surface area contributed by atoms with Gasteiger partial charge in [-0.1, -0.05) is 39.1 Å². The van der Waals surface area contributed by atoms with E-state index in [9.17, 15) is 10.1 Å². The molecule has 0 radical (unpaired) electrons. The van der Waals surface area contributed by atoms with Crippen molar-refractivity contribution in [3.05, 3.63) is 84.0 Å². The number of hydrogen-bond acceptors (Lipinski definition) is 6. The number of allylic oxidation sites excluding steroid dienone is 1. The average Bonchev–Trinajstić information content (AvgIpc) is 3.20. The lowest BCUT2D eigenvalue weighted by molar-refractivity contribution is 0.563. The van der Waals surface area contributed by atoms with Crippen molar-refractivity contribution in [2.24, 2.45) is 0 Å². The van der Waals surface area contributed by atoms with Crippen molar-refractivity contribution in [2.75, 3.05) is 5.32 Å². The SMILES string of the molecule is N#C/C(=C/Nc1cc(Cl)ccc1Cl)c1nc(-c2cc3cc(Br)ccc3oc2=O)cs1. The van der Waals surface area contributed by atoms with Crippen LogP contribution in [0.2, 0.25) is 10.0 Å². The molecule has 0 bridgehead atoms. The fourth-order valence-electron chi connectivity index (χ4n) is 2.69. The molecular formula is C21H10BrCl2N3O2S. The summed E-state index contributed by atoms with van der Waals surface area (Å²) in [4.78, 5) is 16.9. The van der Waals surface area contributed by atoms with E-state index in [0.29, 0.717) is 37.6 Å². The lowest BCUT2D eigenvalue weighted by Crippen LogP contribution is -2.03. The molecule has 0 saturated heterocycles. The molecule has 0 unspecified atom stereocenters. The lowest BCUT2D eigenvalue weighted by Gasteiger charge is -2.04. The summed E-state index contributed by atoms with van der Waals surface area (Å²) in [5.41, 5.74) is 1.61. The van der Waals surface area contributed by atoms with Gasteiger partial charge in [0, 0.05) is 26.5 Å². The molecule has 0 aliphatic heterocycles. The molecule has 0 aliphatic carbocycles. The van der Waals surface area contributed by atoms with Crippen molar-refractivity contribution < 1.29 is 4.42 Å². The summed E-state index contributed by atoms with van der Waals surface area (Å²) in [6, 6.07) is 14.2. The molecular weight excluding hydrogens is 509 g/mol. The van der Waals surface area contributed by atoms with E-state index in [-0.39, 0.29) is 5.57 Å². The maximum atomic E-state index is 12.4. The number of anilines is 1. The van der Waals surface area contributed by atoms with Crippen LogP contribution in [0, 0.1) is 11.3 Å². The highest BCUT2D eigenvalue weighted by Gasteiger charge is 2.14. The second-order valence-electron chi connectivity index (χ2n) is 6.11. The predicted octanol–water partition coefficient (Wildman–Crippen LogP) is 6.96. The van der Waals surface area contributed by atoms with E-state index < -0.39 is 5.63 Å². The Balaban J connectivity index is 1.68. The zero-order valence-corrected chi connectivity index (χ0v) is 18.9. The van der Waals surface area contributed by atoms with E-state index in [0.717, 1.165) is 9.86 Å². The summed E-state index contributed by atoms with van der Waals surface area (Å²) in [5.74, 6) is 0. The first-order chi connectivity index (χ1) is 14.4. The Kier molecular flexibility index (Phi) is 5.93. The van der Waals surface area contributed by atoms with Crippen LogP contribution in [-0.4, -0.2) is 4.98 Å². The topological polar surface area (TPSA) is 78.9 Å². The summed E-state index contributed by atoms with van der Waals surface area (Å²) in [6.45, 7) is 0. The number of halogens is 3. The highest BCUT2D eigenvalue weighted by Crippen LogP contribution is 2.29. The van der Waals surface area contributed by atoms with E-state index in [1.165, 1.54) is 17.5 Å². The van der Waals surface area contributed by atoms with Gasteiger partial charge in [-0.2, -0.15) is 5.26 Å². The van der Waals surface area contributed by atoms with Crippen molar-refractivity contribution in [1.82, 2.24) is 4.98 Å². The molecule has 0 aliphatic rings. The Hall–Kier alpha value is -2.63. The van der Waals surface area contributed by atoms with Gasteiger partial charge in [-0.25, -0.2) is 9.78 Å². The Morgan fingerprint density at radius 1 is 1.23 bits per heavy atom. The predicted molar refractivity (Wildman–Crippen MR) is 125 cm³/mol. The van der Waals surface area contributed by atoms with Crippen LogP contribution >= 0.6 is 50.5 Å². The van der Waals surface area contributed by atoms with Crippen molar-refractivity contribution >= 4 is 72.7 Å². The van der Waals surface area contributed by atoms with E-state index in [1.807, 2.05) is 6.07 Å². The van der Waals surface area contributed by atoms with Crippen LogP contribution in [-0.2, 0) is 0 Å². The Morgan fingerprint density at radius 3 is 2.87 bits per heavy atom. The van der Waals surface area contributed by atoms with Crippen molar-refractivity contribution in [1.29, 1.82) is 5.26 Å². The quantitative estimate of drug-likeness (QED) is 0.233. The van der Waals surface area contributed by atoms with Gasteiger partial charge in [-0.05, 0) is 42.5 Å². The largest absolute Gasteiger partial charge is 0.422 e. The lowest BCUT2D eigenvalue weighted by atomic mass is 10.1. The van der Waals surface area contributed by atoms with Gasteiger partial charge in [0.2, 0.25) is 0 Å². The molecule has 1 N–H and O–H groups in total. The molecule has 2 aromatic heterocycles. The van der Waals surface area contributed by atoms with Gasteiger partial charge >= 0.3 is 5.63 Å². The molecule has 148 valence electrons. The minimum absolute atomic E-state index is 0.287. The molecule has 2 aromatic carbocycles. The molecule has 2 heterocycles. The molecule has 5 nitrogen and oxygen atoms in total. The number of thiazole rings is 1. The van der Waals surface area contributed by atoms with Gasteiger partial charge in [0.1, 0.15) is 22.2 Å². The molecule has 4 aromatic rings. The minimum Gasteiger partial charge on any atom is -0.422 e. The molecule has 30 heavy (non-hydrogen) atoms. The molecule has 0 amide bonds. The van der Waals surface area contributed by atoms with Crippen LogP contribution in [0.1, 0.15) is 5.01 Å². The smallest absolute Gasteiger partial charge is 0.345 e. The standard InChI is InChI=1S/C21H10BrCl2N3O2S/c22-13-1-4-19-11(5-13)6-15(21(28)29-19)18-10-30-20(27-18)12(8-25)9-26-17-7-14(23)2-3-16(17)24/h1-7,9-10,26H/b12-9-. The fraction of sp³-hybridized carbons (Fsp3) is 0. The van der Waals surface area contributed by atoms with E-state index in [4.69, 9.17) is 27.6 Å². The first kappa shape index (κ1) is 20.6. The first-order valence-corrected chi connectivity index (χ1v) is 10.9. The number of nitriles is 1. The van der Waals surface area contributed by atoms with E-state index >= 15 is 0 Å². The highest BCUT2D eigenvalue weighted by atomic mass is 79.9. The molecule has 0 saturated carbocycles. The number of hydrogen-bond donors (Lipinski definition) is 1. The molecule has 9 heteroatoms. The number of fused-ring (bicyclic) bond motifs is 1. The van der Waals surface area contributed by atoms with Crippen LogP contribution in [0.5, 0.6) is 0 Å². The summed E-state index contributed by atoms with van der Waals surface area (Å²) in [7, 11) is 0. The monoisotopic (exact) mass is 517 g/mol. The highest BCUT2D eigenvalue weighted by molar-refractivity contribution is 9.10. The van der Waals surface area contributed by atoms with Crippen LogP contribution in [0.4, 0.5) is 5.69 Å². The van der Waals surface area contributed by atoms with E-state index in [2.05, 4.69) is 32.3 Å². The Morgan fingerprint density at radius 2 is 2.07 bits per heavy atom. The molecule has 0 atom stereocenters. The molecule has 0 fully saturated rings. The first-order valence-electron chi connectivity index (χ1n) is 8.46. The van der Waals surface area contributed by atoms with Gasteiger partial charge in [-0.3, -0.25) is 0 Å². The third-order valence-corrected chi connectivity index (χ3v) is 6.06. The summed E-state index contributed by atoms with van der Waals surface area (Å²) >= 11 is 16.8. The maximum absolute atomic E-state index is 12.4. The zero-order chi connectivity index (χ0) is 21.3. The number of rotatable bonds is 4. The van der Waals surface area contributed by atoms with Crippen LogP contribution in [0.25, 0.3) is 27.8 Å².